The third-order valence-corrected chi connectivity index (χ3v) is 2.43. The van der Waals surface area contributed by atoms with Crippen LogP contribution in [0, 0.1) is 23.0 Å². The average Bonchev–Trinajstić information content (AvgIpc) is 2.39. The van der Waals surface area contributed by atoms with Gasteiger partial charge in [-0.2, -0.15) is 5.26 Å². The van der Waals surface area contributed by atoms with E-state index in [1.54, 1.807) is 0 Å². The smallest absolute Gasteiger partial charge is 0.213 e. The van der Waals surface area contributed by atoms with Gasteiger partial charge in [-0.15, -0.1) is 0 Å². The lowest BCUT2D eigenvalue weighted by Gasteiger charge is -2.07. The van der Waals surface area contributed by atoms with Gasteiger partial charge in [-0.3, -0.25) is 0 Å². The molecule has 2 aromatic rings. The average molecular weight is 246 g/mol. The number of methoxy groups -OCH3 is 1. The molecule has 0 atom stereocenters. The highest BCUT2D eigenvalue weighted by Crippen LogP contribution is 2.28. The lowest BCUT2D eigenvalue weighted by Crippen LogP contribution is -1.94. The number of rotatable bonds is 2. The molecule has 0 unspecified atom stereocenters. The molecule has 0 aliphatic rings. The maximum Gasteiger partial charge on any atom is 0.213 e. The molecule has 1 aromatic heterocycles. The maximum atomic E-state index is 13.7. The highest BCUT2D eigenvalue weighted by molar-refractivity contribution is 5.71. The van der Waals surface area contributed by atoms with Crippen LogP contribution in [0.5, 0.6) is 5.88 Å². The molecule has 0 amide bonds. The summed E-state index contributed by atoms with van der Waals surface area (Å²) in [5.41, 5.74) is 0.512. The van der Waals surface area contributed by atoms with Gasteiger partial charge in [0.05, 0.1) is 24.9 Å². The summed E-state index contributed by atoms with van der Waals surface area (Å²) in [6.45, 7) is 0. The van der Waals surface area contributed by atoms with Crippen molar-refractivity contribution in [2.45, 2.75) is 0 Å². The fraction of sp³-hybridized carbons (Fsp3) is 0.0769. The van der Waals surface area contributed by atoms with Crippen LogP contribution in [0.1, 0.15) is 5.56 Å². The van der Waals surface area contributed by atoms with Gasteiger partial charge >= 0.3 is 0 Å². The molecule has 0 radical (unpaired) electrons. The van der Waals surface area contributed by atoms with Crippen LogP contribution < -0.4 is 4.74 Å². The number of hydrogen-bond acceptors (Lipinski definition) is 3. The fourth-order valence-corrected chi connectivity index (χ4v) is 1.58. The molecular weight excluding hydrogens is 238 g/mol. The Kier molecular flexibility index (Phi) is 3.20. The van der Waals surface area contributed by atoms with Crippen LogP contribution in [0.4, 0.5) is 8.78 Å². The Morgan fingerprint density at radius 2 is 2.00 bits per heavy atom. The molecule has 1 aromatic carbocycles. The minimum absolute atomic E-state index is 0.0575. The SMILES string of the molecule is COc1cc(-c2ccc(F)cc2C#N)c(F)cn1. The van der Waals surface area contributed by atoms with Crippen molar-refractivity contribution in [2.24, 2.45) is 0 Å². The molecule has 1 heterocycles. The van der Waals surface area contributed by atoms with Crippen molar-refractivity contribution in [1.82, 2.24) is 4.98 Å². The van der Waals surface area contributed by atoms with Crippen molar-refractivity contribution in [3.8, 4) is 23.1 Å². The van der Waals surface area contributed by atoms with E-state index in [1.807, 2.05) is 6.07 Å². The first-order chi connectivity index (χ1) is 8.65. The molecule has 0 saturated heterocycles. The molecular formula is C13H8F2N2O. The summed E-state index contributed by atoms with van der Waals surface area (Å²) in [5.74, 6) is -0.921. The Balaban J connectivity index is 2.65. The van der Waals surface area contributed by atoms with Gasteiger partial charge in [0.1, 0.15) is 11.6 Å². The molecule has 2 rings (SSSR count). The largest absolute Gasteiger partial charge is 0.481 e. The Morgan fingerprint density at radius 3 is 2.67 bits per heavy atom. The van der Waals surface area contributed by atoms with Crippen LogP contribution in [0.3, 0.4) is 0 Å². The highest BCUT2D eigenvalue weighted by Gasteiger charge is 2.12. The summed E-state index contributed by atoms with van der Waals surface area (Å²) in [5, 5.41) is 8.94. The van der Waals surface area contributed by atoms with E-state index in [1.165, 1.54) is 25.3 Å². The molecule has 0 N–H and O–H groups in total. The van der Waals surface area contributed by atoms with Crippen LogP contribution in [-0.4, -0.2) is 12.1 Å². The first kappa shape index (κ1) is 12.0. The Hall–Kier alpha value is -2.48. The molecule has 0 bridgehead atoms. The number of ether oxygens (including phenoxy) is 1. The Labute approximate surface area is 102 Å². The maximum absolute atomic E-state index is 13.7. The third kappa shape index (κ3) is 2.13. The molecule has 0 fully saturated rings. The van der Waals surface area contributed by atoms with Gasteiger partial charge < -0.3 is 4.74 Å². The van der Waals surface area contributed by atoms with E-state index in [2.05, 4.69) is 4.98 Å². The molecule has 90 valence electrons. The monoisotopic (exact) mass is 246 g/mol. The normalized spacial score (nSPS) is 9.89. The van der Waals surface area contributed by atoms with Crippen molar-refractivity contribution in [3.63, 3.8) is 0 Å². The summed E-state index contributed by atoms with van der Waals surface area (Å²) < 4.78 is 31.6. The lowest BCUT2D eigenvalue weighted by atomic mass is 10.0. The summed E-state index contributed by atoms with van der Waals surface area (Å²) in [6.07, 6.45) is 0.999. The summed E-state index contributed by atoms with van der Waals surface area (Å²) in [6, 6.07) is 6.78. The van der Waals surface area contributed by atoms with Gasteiger partial charge in [0, 0.05) is 17.2 Å². The first-order valence-electron chi connectivity index (χ1n) is 5.05. The van der Waals surface area contributed by atoms with Gasteiger partial charge in [-0.1, -0.05) is 6.07 Å². The number of nitrogens with zero attached hydrogens (tertiary/aromatic N) is 2. The minimum Gasteiger partial charge on any atom is -0.481 e. The van der Waals surface area contributed by atoms with Gasteiger partial charge in [-0.05, 0) is 12.1 Å². The minimum atomic E-state index is -0.598. The number of benzene rings is 1. The van der Waals surface area contributed by atoms with Crippen molar-refractivity contribution in [3.05, 3.63) is 47.7 Å². The predicted molar refractivity (Wildman–Crippen MR) is 60.9 cm³/mol. The number of pyridine rings is 1. The molecule has 5 heteroatoms. The number of aromatic nitrogens is 1. The second kappa shape index (κ2) is 4.80. The third-order valence-electron chi connectivity index (χ3n) is 2.43. The van der Waals surface area contributed by atoms with Crippen molar-refractivity contribution in [1.29, 1.82) is 5.26 Å². The highest BCUT2D eigenvalue weighted by atomic mass is 19.1. The summed E-state index contributed by atoms with van der Waals surface area (Å²) in [4.78, 5) is 3.70. The van der Waals surface area contributed by atoms with Gasteiger partial charge in [0.2, 0.25) is 5.88 Å². The topological polar surface area (TPSA) is 45.9 Å². The standard InChI is InChI=1S/C13H8F2N2O/c1-18-13-5-11(12(15)7-17-13)10-3-2-9(14)4-8(10)6-16/h2-5,7H,1H3. The second-order valence-electron chi connectivity index (χ2n) is 3.51. The van der Waals surface area contributed by atoms with Crippen molar-refractivity contribution < 1.29 is 13.5 Å². The van der Waals surface area contributed by atoms with E-state index < -0.39 is 11.6 Å². The second-order valence-corrected chi connectivity index (χ2v) is 3.51. The number of halogens is 2. The lowest BCUT2D eigenvalue weighted by molar-refractivity contribution is 0.396. The van der Waals surface area contributed by atoms with Gasteiger partial charge in [-0.25, -0.2) is 13.8 Å². The van der Waals surface area contributed by atoms with Crippen LogP contribution in [0.15, 0.2) is 30.5 Å². The van der Waals surface area contributed by atoms with Crippen LogP contribution in [-0.2, 0) is 0 Å². The number of nitriles is 1. The zero-order chi connectivity index (χ0) is 13.1. The molecule has 18 heavy (non-hydrogen) atoms. The zero-order valence-electron chi connectivity index (χ0n) is 9.45. The van der Waals surface area contributed by atoms with E-state index in [9.17, 15) is 8.78 Å². The van der Waals surface area contributed by atoms with Crippen molar-refractivity contribution in [2.75, 3.05) is 7.11 Å². The summed E-state index contributed by atoms with van der Waals surface area (Å²) in [7, 11) is 1.40. The van der Waals surface area contributed by atoms with Crippen LogP contribution in [0.2, 0.25) is 0 Å². The van der Waals surface area contributed by atoms with Gasteiger partial charge in [0.15, 0.2) is 0 Å². The zero-order valence-corrected chi connectivity index (χ0v) is 9.45. The number of hydrogen-bond donors (Lipinski definition) is 0. The summed E-state index contributed by atoms with van der Waals surface area (Å²) >= 11 is 0. The quantitative estimate of drug-likeness (QED) is 0.818. The van der Waals surface area contributed by atoms with Crippen LogP contribution in [0.25, 0.3) is 11.1 Å². The molecule has 0 aliphatic carbocycles. The van der Waals surface area contributed by atoms with E-state index in [4.69, 9.17) is 10.00 Å². The Morgan fingerprint density at radius 1 is 1.22 bits per heavy atom. The first-order valence-corrected chi connectivity index (χ1v) is 5.05. The van der Waals surface area contributed by atoms with E-state index >= 15 is 0 Å². The predicted octanol–water partition coefficient (Wildman–Crippen LogP) is 2.91. The molecule has 0 aliphatic heterocycles. The van der Waals surface area contributed by atoms with E-state index in [-0.39, 0.29) is 17.0 Å². The molecule has 3 nitrogen and oxygen atoms in total. The van der Waals surface area contributed by atoms with Crippen LogP contribution >= 0.6 is 0 Å². The van der Waals surface area contributed by atoms with E-state index in [0.29, 0.717) is 5.56 Å². The fourth-order valence-electron chi connectivity index (χ4n) is 1.58. The molecule has 0 saturated carbocycles. The molecule has 0 spiro atoms. The van der Waals surface area contributed by atoms with Crippen molar-refractivity contribution >= 4 is 0 Å². The van der Waals surface area contributed by atoms with Gasteiger partial charge in [0.25, 0.3) is 0 Å². The Bertz CT molecular complexity index is 635. The van der Waals surface area contributed by atoms with E-state index in [0.717, 1.165) is 12.3 Å².